The van der Waals surface area contributed by atoms with Crippen molar-refractivity contribution in [3.05, 3.63) is 65.2 Å². The summed E-state index contributed by atoms with van der Waals surface area (Å²) in [6, 6.07) is 16.5. The minimum atomic E-state index is -0.869. The van der Waals surface area contributed by atoms with Gasteiger partial charge in [-0.15, -0.1) is 0 Å². The van der Waals surface area contributed by atoms with E-state index in [0.717, 1.165) is 50.8 Å². The minimum Gasteiger partial charge on any atom is -0.508 e. The molecule has 1 amide bonds. The Morgan fingerprint density at radius 2 is 1.94 bits per heavy atom. The second-order valence-corrected chi connectivity index (χ2v) is 10.5. The van der Waals surface area contributed by atoms with E-state index < -0.39 is 11.0 Å². The Balaban J connectivity index is 1.33. The van der Waals surface area contributed by atoms with Crippen LogP contribution in [0.1, 0.15) is 48.8 Å². The summed E-state index contributed by atoms with van der Waals surface area (Å²) in [6.45, 7) is 1.92. The largest absolute Gasteiger partial charge is 0.508 e. The van der Waals surface area contributed by atoms with Gasteiger partial charge in [-0.25, -0.2) is 0 Å². The zero-order chi connectivity index (χ0) is 21.9. The van der Waals surface area contributed by atoms with E-state index in [1.807, 2.05) is 12.1 Å². The van der Waals surface area contributed by atoms with Gasteiger partial charge in [-0.3, -0.25) is 9.69 Å². The number of nitrogens with zero attached hydrogens (tertiary/aromatic N) is 1. The number of phenolic OH excluding ortho intramolecular Hbond substituents is 1. The second-order valence-electron chi connectivity index (χ2n) is 10.5. The number of aryl methyl sites for hydroxylation is 1. The molecular weight excluding hydrogens is 400 g/mol. The van der Waals surface area contributed by atoms with Gasteiger partial charge in [-0.1, -0.05) is 36.4 Å². The summed E-state index contributed by atoms with van der Waals surface area (Å²) < 4.78 is 0. The number of phenols is 1. The van der Waals surface area contributed by atoms with Gasteiger partial charge < -0.3 is 15.5 Å². The van der Waals surface area contributed by atoms with Crippen molar-refractivity contribution in [2.24, 2.45) is 5.92 Å². The van der Waals surface area contributed by atoms with Gasteiger partial charge in [0.25, 0.3) is 0 Å². The minimum absolute atomic E-state index is 0.0562. The monoisotopic (exact) mass is 432 g/mol. The van der Waals surface area contributed by atoms with Gasteiger partial charge in [-0.2, -0.15) is 0 Å². The lowest BCUT2D eigenvalue weighted by Gasteiger charge is -2.65. The molecule has 6 rings (SSSR count). The summed E-state index contributed by atoms with van der Waals surface area (Å²) in [7, 11) is 0. The average molecular weight is 433 g/mol. The van der Waals surface area contributed by atoms with E-state index in [9.17, 15) is 15.0 Å². The molecule has 5 nitrogen and oxygen atoms in total. The number of aliphatic hydroxyl groups is 1. The summed E-state index contributed by atoms with van der Waals surface area (Å²) in [6.07, 6.45) is 5.73. The quantitative estimate of drug-likeness (QED) is 0.695. The number of hydrogen-bond acceptors (Lipinski definition) is 4. The molecule has 2 saturated heterocycles. The third-order valence-electron chi connectivity index (χ3n) is 8.93. The van der Waals surface area contributed by atoms with E-state index in [2.05, 4.69) is 40.5 Å². The first-order valence-corrected chi connectivity index (χ1v) is 12.1. The SMILES string of the molecule is O=C1C[C@@H]2C[C@@]3(O)[C@H]4Cc5ccc(O)cc5C3(CCN4CCCc3ccccc3)C[C@@H]2N1. The smallest absolute Gasteiger partial charge is 0.220 e. The molecule has 3 fully saturated rings. The first kappa shape index (κ1) is 20.3. The van der Waals surface area contributed by atoms with Crippen LogP contribution < -0.4 is 5.32 Å². The fourth-order valence-electron chi connectivity index (χ4n) is 7.48. The molecule has 0 spiro atoms. The number of carbonyl (C=O) groups is 1. The van der Waals surface area contributed by atoms with Gasteiger partial charge in [0, 0.05) is 23.9 Å². The fourth-order valence-corrected chi connectivity index (χ4v) is 7.48. The summed E-state index contributed by atoms with van der Waals surface area (Å²) in [5.74, 6) is 0.581. The molecule has 2 aromatic carbocycles. The van der Waals surface area contributed by atoms with Crippen LogP contribution in [0, 0.1) is 5.92 Å². The highest BCUT2D eigenvalue weighted by atomic mass is 16.3. The van der Waals surface area contributed by atoms with Gasteiger partial charge in [0.1, 0.15) is 5.75 Å². The van der Waals surface area contributed by atoms with Crippen LogP contribution in [0.3, 0.4) is 0 Å². The van der Waals surface area contributed by atoms with Gasteiger partial charge in [0.15, 0.2) is 0 Å². The Kier molecular flexibility index (Phi) is 4.63. The van der Waals surface area contributed by atoms with Crippen molar-refractivity contribution in [3.63, 3.8) is 0 Å². The molecule has 1 saturated carbocycles. The Morgan fingerprint density at radius 1 is 1.09 bits per heavy atom. The molecule has 168 valence electrons. The normalized spacial score (nSPS) is 35.5. The number of fused-ring (bicyclic) bond motifs is 2. The highest BCUT2D eigenvalue weighted by Crippen LogP contribution is 2.60. The number of amides is 1. The van der Waals surface area contributed by atoms with Crippen molar-refractivity contribution in [1.29, 1.82) is 0 Å². The lowest BCUT2D eigenvalue weighted by Crippen LogP contribution is -2.74. The lowest BCUT2D eigenvalue weighted by molar-refractivity contribution is -0.178. The Bertz CT molecular complexity index is 1040. The van der Waals surface area contributed by atoms with Crippen molar-refractivity contribution < 1.29 is 15.0 Å². The standard InChI is InChI=1S/C27H32N2O3/c30-21-9-8-19-13-24-27(32)16-20-14-25(31)28-23(20)17-26(27,22(19)15-21)10-12-29(24)11-4-7-18-5-2-1-3-6-18/h1-3,5-6,8-9,15,20,23-24,30,32H,4,7,10-14,16-17H2,(H,28,31)/t20-,23+,24-,26?,27-/m1/s1. The molecule has 2 bridgehead atoms. The van der Waals surface area contributed by atoms with Crippen molar-refractivity contribution in [2.75, 3.05) is 13.1 Å². The molecule has 0 aromatic heterocycles. The number of likely N-dealkylation sites (tertiary alicyclic amines) is 1. The molecule has 2 aliphatic carbocycles. The molecule has 5 atom stereocenters. The predicted octanol–water partition coefficient (Wildman–Crippen LogP) is 2.92. The second kappa shape index (κ2) is 7.32. The van der Waals surface area contributed by atoms with Crippen LogP contribution in [0.2, 0.25) is 0 Å². The number of rotatable bonds is 4. The van der Waals surface area contributed by atoms with Crippen molar-refractivity contribution in [2.45, 2.75) is 68.0 Å². The summed E-state index contributed by atoms with van der Waals surface area (Å²) >= 11 is 0. The van der Waals surface area contributed by atoms with Crippen LogP contribution in [0.25, 0.3) is 0 Å². The first-order valence-electron chi connectivity index (χ1n) is 12.1. The number of aromatic hydroxyl groups is 1. The van der Waals surface area contributed by atoms with Crippen LogP contribution in [-0.2, 0) is 23.1 Å². The van der Waals surface area contributed by atoms with Crippen LogP contribution in [-0.4, -0.2) is 51.8 Å². The van der Waals surface area contributed by atoms with Gasteiger partial charge in [0.2, 0.25) is 5.91 Å². The zero-order valence-corrected chi connectivity index (χ0v) is 18.5. The molecule has 2 aliphatic heterocycles. The van der Waals surface area contributed by atoms with Gasteiger partial charge in [0.05, 0.1) is 5.60 Å². The highest BCUT2D eigenvalue weighted by Gasteiger charge is 2.67. The van der Waals surface area contributed by atoms with E-state index in [4.69, 9.17) is 0 Å². The van der Waals surface area contributed by atoms with Crippen molar-refractivity contribution >= 4 is 5.91 Å². The Hall–Kier alpha value is -2.37. The number of hydrogen-bond donors (Lipinski definition) is 3. The number of benzene rings is 2. The van der Waals surface area contributed by atoms with E-state index in [-0.39, 0.29) is 29.7 Å². The average Bonchev–Trinajstić information content (AvgIpc) is 3.12. The molecular formula is C27H32N2O3. The molecule has 2 aromatic rings. The van der Waals surface area contributed by atoms with Gasteiger partial charge in [-0.05, 0) is 86.4 Å². The molecule has 4 aliphatic rings. The van der Waals surface area contributed by atoms with Crippen LogP contribution in [0.5, 0.6) is 5.75 Å². The zero-order valence-electron chi connectivity index (χ0n) is 18.5. The van der Waals surface area contributed by atoms with E-state index in [0.29, 0.717) is 12.8 Å². The lowest BCUT2D eigenvalue weighted by atomic mass is 9.47. The summed E-state index contributed by atoms with van der Waals surface area (Å²) in [5, 5.41) is 25.9. The third-order valence-corrected chi connectivity index (χ3v) is 8.93. The van der Waals surface area contributed by atoms with Crippen LogP contribution >= 0.6 is 0 Å². The molecule has 32 heavy (non-hydrogen) atoms. The van der Waals surface area contributed by atoms with E-state index in [1.54, 1.807) is 6.07 Å². The molecule has 3 N–H and O–H groups in total. The maximum absolute atomic E-state index is 12.5. The highest BCUT2D eigenvalue weighted by molar-refractivity contribution is 5.79. The van der Waals surface area contributed by atoms with Crippen molar-refractivity contribution in [3.8, 4) is 5.75 Å². The molecule has 2 heterocycles. The molecule has 5 heteroatoms. The van der Waals surface area contributed by atoms with E-state index in [1.165, 1.54) is 11.1 Å². The van der Waals surface area contributed by atoms with E-state index >= 15 is 0 Å². The number of piperidine rings is 1. The summed E-state index contributed by atoms with van der Waals surface area (Å²) in [4.78, 5) is 14.7. The molecule has 0 radical (unpaired) electrons. The molecule has 1 unspecified atom stereocenters. The number of carbonyl (C=O) groups excluding carboxylic acids is 1. The van der Waals surface area contributed by atoms with Gasteiger partial charge >= 0.3 is 0 Å². The topological polar surface area (TPSA) is 72.8 Å². The predicted molar refractivity (Wildman–Crippen MR) is 122 cm³/mol. The Morgan fingerprint density at radius 3 is 2.78 bits per heavy atom. The summed E-state index contributed by atoms with van der Waals surface area (Å²) in [5.41, 5.74) is 2.44. The van der Waals surface area contributed by atoms with Crippen LogP contribution in [0.15, 0.2) is 48.5 Å². The van der Waals surface area contributed by atoms with Crippen LogP contribution in [0.4, 0.5) is 0 Å². The Labute approximate surface area is 189 Å². The maximum atomic E-state index is 12.5. The number of nitrogens with one attached hydrogen (secondary N) is 1. The fraction of sp³-hybridized carbons (Fsp3) is 0.519. The maximum Gasteiger partial charge on any atom is 0.220 e. The first-order chi connectivity index (χ1) is 15.5. The third kappa shape index (κ3) is 2.94. The van der Waals surface area contributed by atoms with Crippen molar-refractivity contribution in [1.82, 2.24) is 10.2 Å².